The van der Waals surface area contributed by atoms with Crippen LogP contribution < -0.4 is 0 Å². The van der Waals surface area contributed by atoms with E-state index in [4.69, 9.17) is 0 Å². The maximum absolute atomic E-state index is 11.8. The molecule has 0 heterocycles. The summed E-state index contributed by atoms with van der Waals surface area (Å²) in [6.07, 6.45) is 0.0835. The molecule has 0 saturated carbocycles. The van der Waals surface area contributed by atoms with Gasteiger partial charge in [0.15, 0.2) is 0 Å². The van der Waals surface area contributed by atoms with Gasteiger partial charge in [-0.2, -0.15) is 5.06 Å². The zero-order valence-corrected chi connectivity index (χ0v) is 20.5. The second-order valence-corrected chi connectivity index (χ2v) is 8.77. The fourth-order valence-electron chi connectivity index (χ4n) is 4.51. The van der Waals surface area contributed by atoms with Crippen LogP contribution in [-0.4, -0.2) is 42.3 Å². The van der Waals surface area contributed by atoms with Crippen molar-refractivity contribution in [2.45, 2.75) is 24.9 Å². The fraction of sp³-hybridized carbons (Fsp3) is 0.133. The highest BCUT2D eigenvalue weighted by molar-refractivity contribution is 6.03. The number of hydrogen-bond acceptors (Lipinski definition) is 8. The normalized spacial score (nSPS) is 13.8. The predicted molar refractivity (Wildman–Crippen MR) is 144 cm³/mol. The van der Waals surface area contributed by atoms with Crippen LogP contribution in [0.5, 0.6) is 11.5 Å². The number of para-hydroxylation sites is 2. The van der Waals surface area contributed by atoms with E-state index in [1.165, 1.54) is 12.1 Å². The monoisotopic (exact) mass is 511 g/mol. The molecule has 4 rings (SSSR count). The van der Waals surface area contributed by atoms with Gasteiger partial charge < -0.3 is 25.8 Å². The molecule has 4 aromatic rings. The number of phenolic OH excluding ortho intramolecular Hbond substituents is 2. The molecule has 4 aromatic carbocycles. The number of benzene rings is 4. The Kier molecular flexibility index (Phi) is 8.71. The fourth-order valence-corrected chi connectivity index (χ4v) is 4.51. The van der Waals surface area contributed by atoms with Crippen LogP contribution in [0.4, 0.5) is 0 Å². The Hall–Kier alpha value is -4.66. The van der Waals surface area contributed by atoms with Crippen molar-refractivity contribution in [2.75, 3.05) is 0 Å². The predicted octanol–water partition coefficient (Wildman–Crippen LogP) is 6.11. The van der Waals surface area contributed by atoms with Gasteiger partial charge in [-0.3, -0.25) is 0 Å². The molecule has 2 unspecified atom stereocenters. The van der Waals surface area contributed by atoms with E-state index in [-0.39, 0.29) is 35.8 Å². The van der Waals surface area contributed by atoms with Gasteiger partial charge in [-0.05, 0) is 35.4 Å². The van der Waals surface area contributed by atoms with Gasteiger partial charge in [0, 0.05) is 24.0 Å². The minimum absolute atomic E-state index is 0.0418. The van der Waals surface area contributed by atoms with Crippen LogP contribution in [-0.2, 0) is 0 Å². The first kappa shape index (κ1) is 26.4. The first-order valence-electron chi connectivity index (χ1n) is 12.1. The number of oxime groups is 2. The number of hydrogen-bond donors (Lipinski definition) is 5. The third kappa shape index (κ3) is 6.00. The van der Waals surface area contributed by atoms with Gasteiger partial charge in [0.1, 0.15) is 11.5 Å². The molecule has 8 nitrogen and oxygen atoms in total. The average Bonchev–Trinajstić information content (AvgIpc) is 2.96. The van der Waals surface area contributed by atoms with E-state index in [0.29, 0.717) is 11.1 Å². The topological polar surface area (TPSA) is 129 Å². The van der Waals surface area contributed by atoms with E-state index < -0.39 is 12.1 Å². The molecule has 0 aromatic heterocycles. The van der Waals surface area contributed by atoms with Crippen LogP contribution in [0.25, 0.3) is 0 Å². The van der Waals surface area contributed by atoms with Gasteiger partial charge in [0.05, 0.1) is 23.5 Å². The van der Waals surface area contributed by atoms with Crippen molar-refractivity contribution >= 4 is 11.4 Å². The number of phenols is 2. The van der Waals surface area contributed by atoms with Crippen molar-refractivity contribution < 1.29 is 25.8 Å². The molecule has 0 spiro atoms. The first-order chi connectivity index (χ1) is 18.5. The second kappa shape index (κ2) is 12.5. The molecule has 0 fully saturated rings. The zero-order valence-electron chi connectivity index (χ0n) is 20.5. The Morgan fingerprint density at radius 2 is 0.895 bits per heavy atom. The molecule has 0 radical (unpaired) electrons. The minimum atomic E-state index is -0.726. The highest BCUT2D eigenvalue weighted by atomic mass is 16.5. The summed E-state index contributed by atoms with van der Waals surface area (Å²) in [6, 6.07) is 30.1. The molecule has 194 valence electrons. The molecular formula is C30H29N3O5. The number of rotatable bonds is 10. The molecular weight excluding hydrogens is 482 g/mol. The van der Waals surface area contributed by atoms with Crippen LogP contribution in [0.2, 0.25) is 0 Å². The molecule has 2 atom stereocenters. The van der Waals surface area contributed by atoms with E-state index >= 15 is 0 Å². The van der Waals surface area contributed by atoms with Crippen molar-refractivity contribution in [3.63, 3.8) is 0 Å². The lowest BCUT2D eigenvalue weighted by Gasteiger charge is -2.34. The van der Waals surface area contributed by atoms with E-state index in [1.807, 2.05) is 60.7 Å². The Labute approximate surface area is 220 Å². The summed E-state index contributed by atoms with van der Waals surface area (Å²) in [5, 5.41) is 60.5. The van der Waals surface area contributed by atoms with Crippen LogP contribution in [0.1, 0.15) is 47.2 Å². The molecule has 0 saturated heterocycles. The third-order valence-electron chi connectivity index (χ3n) is 6.45. The van der Waals surface area contributed by atoms with E-state index in [9.17, 15) is 25.8 Å². The van der Waals surface area contributed by atoms with Gasteiger partial charge >= 0.3 is 0 Å². The summed E-state index contributed by atoms with van der Waals surface area (Å²) in [5.41, 5.74) is 2.51. The standard InChI is InChI=1S/C30H29N3O5/c34-29-17-9-7-15-23(29)25(31-36)19-27(21-11-3-1-4-12-21)33(38)28(22-13-5-2-6-14-22)20-26(32-37)24-16-8-10-18-30(24)35/h1-18,27-28,34-38H,19-20H2/b31-25-,32-26+. The summed E-state index contributed by atoms with van der Waals surface area (Å²) in [6.45, 7) is 0. The highest BCUT2D eigenvalue weighted by Gasteiger charge is 2.31. The smallest absolute Gasteiger partial charge is 0.124 e. The van der Waals surface area contributed by atoms with Crippen molar-refractivity contribution in [2.24, 2.45) is 10.3 Å². The minimum Gasteiger partial charge on any atom is -0.507 e. The summed E-state index contributed by atoms with van der Waals surface area (Å²) < 4.78 is 0. The molecule has 0 bridgehead atoms. The summed E-state index contributed by atoms with van der Waals surface area (Å²) in [4.78, 5) is 0. The number of nitrogens with zero attached hydrogens (tertiary/aromatic N) is 3. The van der Waals surface area contributed by atoms with Gasteiger partial charge in [-0.15, -0.1) is 0 Å². The molecule has 0 aliphatic carbocycles. The van der Waals surface area contributed by atoms with Crippen LogP contribution in [0, 0.1) is 0 Å². The number of hydroxylamine groups is 2. The molecule has 5 N–H and O–H groups in total. The van der Waals surface area contributed by atoms with Crippen molar-refractivity contribution in [3.05, 3.63) is 131 Å². The summed E-state index contributed by atoms with van der Waals surface area (Å²) in [5.74, 6) is -0.101. The van der Waals surface area contributed by atoms with Crippen LogP contribution in [0.15, 0.2) is 120 Å². The molecule has 0 aliphatic heterocycles. The zero-order chi connectivity index (χ0) is 26.9. The van der Waals surface area contributed by atoms with Gasteiger partial charge in [-0.25, -0.2) is 0 Å². The Morgan fingerprint density at radius 1 is 0.553 bits per heavy atom. The lowest BCUT2D eigenvalue weighted by atomic mass is 9.92. The van der Waals surface area contributed by atoms with Crippen LogP contribution >= 0.6 is 0 Å². The lowest BCUT2D eigenvalue weighted by Crippen LogP contribution is -2.33. The van der Waals surface area contributed by atoms with Gasteiger partial charge in [-0.1, -0.05) is 95.2 Å². The molecule has 38 heavy (non-hydrogen) atoms. The Morgan fingerprint density at radius 3 is 1.24 bits per heavy atom. The van der Waals surface area contributed by atoms with Crippen molar-refractivity contribution in [1.29, 1.82) is 0 Å². The summed E-state index contributed by atoms with van der Waals surface area (Å²) >= 11 is 0. The van der Waals surface area contributed by atoms with Crippen molar-refractivity contribution in [1.82, 2.24) is 5.06 Å². The highest BCUT2D eigenvalue weighted by Crippen LogP contribution is 2.36. The summed E-state index contributed by atoms with van der Waals surface area (Å²) in [7, 11) is 0. The molecule has 8 heteroatoms. The van der Waals surface area contributed by atoms with E-state index in [2.05, 4.69) is 10.3 Å². The first-order valence-corrected chi connectivity index (χ1v) is 12.1. The lowest BCUT2D eigenvalue weighted by molar-refractivity contribution is -0.161. The molecule has 0 aliphatic rings. The maximum Gasteiger partial charge on any atom is 0.124 e. The maximum atomic E-state index is 11.8. The third-order valence-corrected chi connectivity index (χ3v) is 6.45. The SMILES string of the molecule is O/N=C(/CC(c1ccccc1)N(O)C(C/C(=N\O)c1ccccc1O)c1ccccc1)c1ccccc1O. The van der Waals surface area contributed by atoms with Gasteiger partial charge in [0.2, 0.25) is 0 Å². The van der Waals surface area contributed by atoms with Crippen LogP contribution in [0.3, 0.4) is 0 Å². The van der Waals surface area contributed by atoms with E-state index in [0.717, 1.165) is 16.2 Å². The Bertz CT molecular complexity index is 1290. The van der Waals surface area contributed by atoms with Crippen molar-refractivity contribution in [3.8, 4) is 11.5 Å². The average molecular weight is 512 g/mol. The Balaban J connectivity index is 1.77. The number of aromatic hydroxyl groups is 2. The quantitative estimate of drug-likeness (QED) is 0.0993. The van der Waals surface area contributed by atoms with Gasteiger partial charge in [0.25, 0.3) is 0 Å². The molecule has 0 amide bonds. The second-order valence-electron chi connectivity index (χ2n) is 8.77. The largest absolute Gasteiger partial charge is 0.507 e. The van der Waals surface area contributed by atoms with E-state index in [1.54, 1.807) is 36.4 Å².